The van der Waals surface area contributed by atoms with E-state index in [9.17, 15) is 5.11 Å². The summed E-state index contributed by atoms with van der Waals surface area (Å²) in [5, 5.41) is 10.0. The molecule has 0 radical (unpaired) electrons. The summed E-state index contributed by atoms with van der Waals surface area (Å²) in [7, 11) is 0. The van der Waals surface area contributed by atoms with Gasteiger partial charge in [-0.1, -0.05) is 32.0 Å². The number of aromatic nitrogens is 2. The molecule has 0 saturated heterocycles. The van der Waals surface area contributed by atoms with Crippen LogP contribution >= 0.6 is 0 Å². The molecule has 0 amide bonds. The van der Waals surface area contributed by atoms with Gasteiger partial charge in [-0.3, -0.25) is 0 Å². The maximum absolute atomic E-state index is 10.0. The zero-order valence-electron chi connectivity index (χ0n) is 10.3. The second-order valence-corrected chi connectivity index (χ2v) is 4.05. The zero-order chi connectivity index (χ0) is 12.3. The molecule has 3 heteroatoms. The first kappa shape index (κ1) is 11.9. The number of hydrogen-bond acceptors (Lipinski definition) is 2. The Labute approximate surface area is 102 Å². The van der Waals surface area contributed by atoms with Crippen molar-refractivity contribution in [2.75, 3.05) is 0 Å². The number of para-hydroxylation sites is 1. The first-order valence-electron chi connectivity index (χ1n) is 6.07. The fourth-order valence-electron chi connectivity index (χ4n) is 2.02. The van der Waals surface area contributed by atoms with Crippen LogP contribution in [0, 0.1) is 0 Å². The van der Waals surface area contributed by atoms with Crippen molar-refractivity contribution in [3.63, 3.8) is 0 Å². The molecule has 1 atom stereocenters. The molecule has 1 aromatic carbocycles. The van der Waals surface area contributed by atoms with Gasteiger partial charge in [-0.05, 0) is 12.5 Å². The normalized spacial score (nSPS) is 12.6. The maximum Gasteiger partial charge on any atom is 0.112 e. The minimum Gasteiger partial charge on any atom is -0.388 e. The Kier molecular flexibility index (Phi) is 3.59. The molecule has 2 rings (SSSR count). The highest BCUT2D eigenvalue weighted by Gasteiger charge is 2.12. The molecule has 17 heavy (non-hydrogen) atoms. The van der Waals surface area contributed by atoms with Crippen LogP contribution in [0.15, 0.2) is 36.7 Å². The molecular weight excluding hydrogens is 212 g/mol. The Balaban J connectivity index is 2.52. The molecule has 1 N–H and O–H groups in total. The molecule has 0 aliphatic carbocycles. The third-order valence-corrected chi connectivity index (χ3v) is 2.98. The summed E-state index contributed by atoms with van der Waals surface area (Å²) in [6.07, 6.45) is 4.92. The van der Waals surface area contributed by atoms with Crippen molar-refractivity contribution in [1.29, 1.82) is 0 Å². The molecule has 90 valence electrons. The molecule has 0 unspecified atom stereocenters. The molecule has 3 nitrogen and oxygen atoms in total. The minimum atomic E-state index is -0.418. The zero-order valence-corrected chi connectivity index (χ0v) is 10.3. The smallest absolute Gasteiger partial charge is 0.112 e. The number of aryl methyl sites for hydroxylation is 1. The molecule has 1 heterocycles. The number of imidazole rings is 1. The average molecular weight is 230 g/mol. The van der Waals surface area contributed by atoms with Gasteiger partial charge in [0.15, 0.2) is 0 Å². The van der Waals surface area contributed by atoms with Crippen molar-refractivity contribution in [3.05, 3.63) is 48.0 Å². The molecule has 0 bridgehead atoms. The fraction of sp³-hybridized carbons (Fsp3) is 0.357. The third-order valence-electron chi connectivity index (χ3n) is 2.98. The van der Waals surface area contributed by atoms with E-state index >= 15 is 0 Å². The molecule has 2 aromatic rings. The largest absolute Gasteiger partial charge is 0.388 e. The van der Waals surface area contributed by atoms with Crippen LogP contribution in [-0.4, -0.2) is 14.7 Å². The third kappa shape index (κ3) is 2.24. The van der Waals surface area contributed by atoms with Crippen LogP contribution in [0.2, 0.25) is 0 Å². The van der Waals surface area contributed by atoms with E-state index in [2.05, 4.69) is 11.9 Å². The van der Waals surface area contributed by atoms with E-state index in [0.717, 1.165) is 23.5 Å². The highest BCUT2D eigenvalue weighted by Crippen LogP contribution is 2.24. The van der Waals surface area contributed by atoms with E-state index in [1.54, 1.807) is 6.20 Å². The van der Waals surface area contributed by atoms with Gasteiger partial charge in [0.2, 0.25) is 0 Å². The average Bonchev–Trinajstić information content (AvgIpc) is 2.86. The number of benzene rings is 1. The Morgan fingerprint density at radius 3 is 2.76 bits per heavy atom. The van der Waals surface area contributed by atoms with Crippen molar-refractivity contribution >= 4 is 0 Å². The molecule has 0 spiro atoms. The molecule has 0 saturated carbocycles. The van der Waals surface area contributed by atoms with E-state index in [-0.39, 0.29) is 0 Å². The Morgan fingerprint density at radius 2 is 2.06 bits per heavy atom. The van der Waals surface area contributed by atoms with Crippen molar-refractivity contribution in [2.24, 2.45) is 0 Å². The van der Waals surface area contributed by atoms with E-state index in [1.165, 1.54) is 0 Å². The minimum absolute atomic E-state index is 0.418. The van der Waals surface area contributed by atoms with Gasteiger partial charge in [-0.25, -0.2) is 4.98 Å². The highest BCUT2D eigenvalue weighted by atomic mass is 16.3. The molecule has 0 fully saturated rings. The predicted molar refractivity (Wildman–Crippen MR) is 68.2 cm³/mol. The number of rotatable bonds is 4. The number of aliphatic hydroxyl groups excluding tert-OH is 1. The quantitative estimate of drug-likeness (QED) is 0.877. The lowest BCUT2D eigenvalue weighted by Crippen LogP contribution is -2.06. The Hall–Kier alpha value is -1.61. The summed E-state index contributed by atoms with van der Waals surface area (Å²) in [6, 6.07) is 7.94. The van der Waals surface area contributed by atoms with E-state index in [0.29, 0.717) is 6.42 Å². The van der Waals surface area contributed by atoms with Gasteiger partial charge in [0.05, 0.1) is 11.8 Å². The monoisotopic (exact) mass is 230 g/mol. The van der Waals surface area contributed by atoms with Crippen LogP contribution in [0.1, 0.15) is 37.8 Å². The predicted octanol–water partition coefficient (Wildman–Crippen LogP) is 2.88. The number of aliphatic hydroxyl groups is 1. The van der Waals surface area contributed by atoms with Gasteiger partial charge in [-0.15, -0.1) is 0 Å². The van der Waals surface area contributed by atoms with Crippen LogP contribution in [-0.2, 0) is 6.42 Å². The van der Waals surface area contributed by atoms with Crippen LogP contribution in [0.3, 0.4) is 0 Å². The highest BCUT2D eigenvalue weighted by molar-refractivity contribution is 5.43. The molecule has 0 aliphatic rings. The maximum atomic E-state index is 10.0. The van der Waals surface area contributed by atoms with Gasteiger partial charge in [-0.2, -0.15) is 0 Å². The lowest BCUT2D eigenvalue weighted by Gasteiger charge is -2.16. The van der Waals surface area contributed by atoms with Gasteiger partial charge in [0, 0.05) is 24.4 Å². The lowest BCUT2D eigenvalue weighted by atomic mass is 10.0. The Bertz CT molecular complexity index is 490. The van der Waals surface area contributed by atoms with Gasteiger partial charge >= 0.3 is 0 Å². The summed E-state index contributed by atoms with van der Waals surface area (Å²) >= 11 is 0. The van der Waals surface area contributed by atoms with E-state index in [1.807, 2.05) is 42.0 Å². The van der Waals surface area contributed by atoms with E-state index < -0.39 is 6.10 Å². The molecular formula is C14H18N2O. The second-order valence-electron chi connectivity index (χ2n) is 4.05. The Morgan fingerprint density at radius 1 is 1.29 bits per heavy atom. The van der Waals surface area contributed by atoms with Crippen molar-refractivity contribution in [1.82, 2.24) is 9.55 Å². The SMILES string of the molecule is CCc1nccn1-c1ccccc1[C@H](O)CC. The van der Waals surface area contributed by atoms with Crippen LogP contribution in [0.25, 0.3) is 5.69 Å². The number of hydrogen-bond donors (Lipinski definition) is 1. The van der Waals surface area contributed by atoms with Gasteiger partial charge in [0.25, 0.3) is 0 Å². The summed E-state index contributed by atoms with van der Waals surface area (Å²) in [5.41, 5.74) is 1.99. The van der Waals surface area contributed by atoms with Crippen LogP contribution in [0.4, 0.5) is 0 Å². The topological polar surface area (TPSA) is 38.0 Å². The van der Waals surface area contributed by atoms with Crippen molar-refractivity contribution in [3.8, 4) is 5.69 Å². The van der Waals surface area contributed by atoms with Crippen LogP contribution < -0.4 is 0 Å². The number of nitrogens with zero attached hydrogens (tertiary/aromatic N) is 2. The standard InChI is InChI=1S/C14H18N2O/c1-3-13(17)11-7-5-6-8-12(11)16-10-9-15-14(16)4-2/h5-10,13,17H,3-4H2,1-2H3/t13-/m1/s1. The molecule has 0 aliphatic heterocycles. The summed E-state index contributed by atoms with van der Waals surface area (Å²) in [4.78, 5) is 4.32. The lowest BCUT2D eigenvalue weighted by molar-refractivity contribution is 0.173. The second kappa shape index (κ2) is 5.15. The van der Waals surface area contributed by atoms with Crippen molar-refractivity contribution in [2.45, 2.75) is 32.8 Å². The van der Waals surface area contributed by atoms with Crippen LogP contribution in [0.5, 0.6) is 0 Å². The summed E-state index contributed by atoms with van der Waals surface area (Å²) < 4.78 is 2.05. The van der Waals surface area contributed by atoms with Gasteiger partial charge < -0.3 is 9.67 Å². The molecule has 1 aromatic heterocycles. The summed E-state index contributed by atoms with van der Waals surface area (Å²) in [6.45, 7) is 4.06. The fourth-order valence-corrected chi connectivity index (χ4v) is 2.02. The first-order chi connectivity index (χ1) is 8.27. The van der Waals surface area contributed by atoms with Gasteiger partial charge in [0.1, 0.15) is 5.82 Å². The van der Waals surface area contributed by atoms with E-state index in [4.69, 9.17) is 0 Å². The summed E-state index contributed by atoms with van der Waals surface area (Å²) in [5.74, 6) is 1.01. The first-order valence-corrected chi connectivity index (χ1v) is 6.07. The van der Waals surface area contributed by atoms with Crippen molar-refractivity contribution < 1.29 is 5.11 Å².